The Balaban J connectivity index is 5.20. The predicted molar refractivity (Wildman–Crippen MR) is 56.8 cm³/mol. The van der Waals surface area contributed by atoms with E-state index in [4.69, 9.17) is 0 Å². The molecule has 0 aromatic heterocycles. The van der Waals surface area contributed by atoms with E-state index in [0.29, 0.717) is 6.92 Å². The molecule has 0 bridgehead atoms. The first kappa shape index (κ1) is 20.4. The highest BCUT2D eigenvalue weighted by Crippen LogP contribution is 2.46. The van der Waals surface area contributed by atoms with Crippen LogP contribution in [0.3, 0.4) is 0 Å². The zero-order valence-corrected chi connectivity index (χ0v) is 11.7. The van der Waals surface area contributed by atoms with Crippen LogP contribution in [0, 0.1) is 0 Å². The maximum Gasteiger partial charge on any atom is 0.426 e. The number of halogens is 8. The zero-order valence-electron chi connectivity index (χ0n) is 11.7. The molecule has 2 atom stereocenters. The van der Waals surface area contributed by atoms with Crippen molar-refractivity contribution in [3.05, 3.63) is 0 Å². The van der Waals surface area contributed by atoms with Gasteiger partial charge in [-0.25, -0.2) is 4.74 Å². The molecule has 0 aliphatic carbocycles. The van der Waals surface area contributed by atoms with Crippen molar-refractivity contribution < 1.29 is 44.6 Å². The van der Waals surface area contributed by atoms with Crippen molar-refractivity contribution in [2.75, 3.05) is 0 Å². The van der Waals surface area contributed by atoms with Crippen LogP contribution in [0.4, 0.5) is 35.1 Å². The largest absolute Gasteiger partial charge is 0.426 e. The molecule has 0 aromatic carbocycles. The van der Waals surface area contributed by atoms with E-state index >= 15 is 0 Å². The highest BCUT2D eigenvalue weighted by molar-refractivity contribution is 4.86. The van der Waals surface area contributed by atoms with Gasteiger partial charge >= 0.3 is 24.1 Å². The minimum Gasteiger partial charge on any atom is -0.369 e. The van der Waals surface area contributed by atoms with Crippen molar-refractivity contribution in [2.45, 2.75) is 70.4 Å². The van der Waals surface area contributed by atoms with Crippen molar-refractivity contribution in [2.24, 2.45) is 0 Å². The Morgan fingerprint density at radius 1 is 0.857 bits per heavy atom. The van der Waals surface area contributed by atoms with Gasteiger partial charge in [-0.2, -0.15) is 35.1 Å². The molecule has 0 aliphatic heterocycles. The monoisotopic (exact) mass is 332 g/mol. The first-order chi connectivity index (χ1) is 9.08. The van der Waals surface area contributed by atoms with Gasteiger partial charge in [-0.1, -0.05) is 6.92 Å². The van der Waals surface area contributed by atoms with Crippen LogP contribution in [0.2, 0.25) is 0 Å². The van der Waals surface area contributed by atoms with Crippen molar-refractivity contribution >= 4 is 0 Å². The van der Waals surface area contributed by atoms with E-state index < -0.39 is 43.2 Å². The van der Waals surface area contributed by atoms with E-state index in [1.54, 1.807) is 0 Å². The van der Waals surface area contributed by atoms with Crippen molar-refractivity contribution in [3.63, 3.8) is 0 Å². The maximum atomic E-state index is 13.4. The number of rotatable bonds is 8. The van der Waals surface area contributed by atoms with E-state index in [-0.39, 0.29) is 6.42 Å². The van der Waals surface area contributed by atoms with Gasteiger partial charge in [0.15, 0.2) is 0 Å². The van der Waals surface area contributed by atoms with E-state index in [1.807, 2.05) is 0 Å². The fourth-order valence-corrected chi connectivity index (χ4v) is 1.09. The fraction of sp³-hybridized carbons (Fsp3) is 1.00. The third-order valence-corrected chi connectivity index (χ3v) is 2.68. The Bertz CT molecular complexity index is 340. The molecule has 2 nitrogen and oxygen atoms in total. The molecule has 0 saturated heterocycles. The van der Waals surface area contributed by atoms with Gasteiger partial charge in [-0.05, 0) is 20.3 Å². The lowest BCUT2D eigenvalue weighted by atomic mass is 10.2. The minimum absolute atomic E-state index is 0.191. The van der Waals surface area contributed by atoms with E-state index in [0.717, 1.165) is 0 Å². The number of ether oxygens (including phenoxy) is 2. The first-order valence-corrected chi connectivity index (χ1v) is 5.95. The molecule has 0 N–H and O–H groups in total. The minimum atomic E-state index is -5.84. The highest BCUT2D eigenvalue weighted by atomic mass is 19.3. The Morgan fingerprint density at radius 2 is 1.29 bits per heavy atom. The third-order valence-electron chi connectivity index (χ3n) is 2.68. The Labute approximate surface area is 116 Å². The van der Waals surface area contributed by atoms with Crippen LogP contribution in [0.1, 0.15) is 34.1 Å². The lowest BCUT2D eigenvalue weighted by molar-refractivity contribution is -0.473. The van der Waals surface area contributed by atoms with Crippen LogP contribution in [0.5, 0.6) is 0 Å². The highest BCUT2D eigenvalue weighted by Gasteiger charge is 2.69. The van der Waals surface area contributed by atoms with Crippen LogP contribution >= 0.6 is 0 Å². The van der Waals surface area contributed by atoms with Crippen molar-refractivity contribution in [3.8, 4) is 0 Å². The summed E-state index contributed by atoms with van der Waals surface area (Å²) in [6.07, 6.45) is -14.8. The maximum absolute atomic E-state index is 13.4. The predicted octanol–water partition coefficient (Wildman–Crippen LogP) is 4.68. The molecule has 0 radical (unpaired) electrons. The first-order valence-electron chi connectivity index (χ1n) is 5.95. The van der Waals surface area contributed by atoms with Crippen molar-refractivity contribution in [1.82, 2.24) is 0 Å². The summed E-state index contributed by atoms with van der Waals surface area (Å²) >= 11 is 0. The molecule has 0 amide bonds. The smallest absolute Gasteiger partial charge is 0.369 e. The van der Waals surface area contributed by atoms with E-state index in [1.165, 1.54) is 13.8 Å². The summed E-state index contributed by atoms with van der Waals surface area (Å²) in [7, 11) is 0. The standard InChI is InChI=1S/C11H16F8O2/c1-5-6(2)20-7(3)9(14,15)11(18,19)21-10(16,17)8(4,12)13/h6-7H,5H2,1-4H3. The zero-order chi connectivity index (χ0) is 17.3. The average Bonchev–Trinajstić information content (AvgIpc) is 2.25. The fourth-order valence-electron chi connectivity index (χ4n) is 1.09. The van der Waals surface area contributed by atoms with Gasteiger partial charge < -0.3 is 4.74 Å². The Morgan fingerprint density at radius 3 is 1.62 bits per heavy atom. The van der Waals surface area contributed by atoms with Gasteiger partial charge in [0.1, 0.15) is 6.10 Å². The SMILES string of the molecule is CCC(C)OC(C)C(F)(F)C(F)(F)OC(F)(F)C(C)(F)F. The molecule has 0 spiro atoms. The molecule has 2 unspecified atom stereocenters. The Kier molecular flexibility index (Phi) is 6.04. The number of hydrogen-bond acceptors (Lipinski definition) is 2. The van der Waals surface area contributed by atoms with Gasteiger partial charge in [0.05, 0.1) is 6.10 Å². The molecule has 0 saturated carbocycles. The van der Waals surface area contributed by atoms with Crippen LogP contribution in [0.15, 0.2) is 0 Å². The average molecular weight is 332 g/mol. The second kappa shape index (κ2) is 6.23. The summed E-state index contributed by atoms with van der Waals surface area (Å²) < 4.78 is 110. The summed E-state index contributed by atoms with van der Waals surface area (Å²) in [5.41, 5.74) is 0. The molecule has 0 aromatic rings. The molecular weight excluding hydrogens is 316 g/mol. The summed E-state index contributed by atoms with van der Waals surface area (Å²) in [6, 6.07) is 0. The van der Waals surface area contributed by atoms with Gasteiger partial charge in [-0.3, -0.25) is 0 Å². The topological polar surface area (TPSA) is 18.5 Å². The summed E-state index contributed by atoms with van der Waals surface area (Å²) in [5, 5.41) is 0. The second-order valence-electron chi connectivity index (χ2n) is 4.64. The molecule has 0 rings (SSSR count). The number of hydrogen-bond donors (Lipinski definition) is 0. The van der Waals surface area contributed by atoms with Crippen LogP contribution in [0.25, 0.3) is 0 Å². The van der Waals surface area contributed by atoms with Crippen LogP contribution < -0.4 is 0 Å². The lowest BCUT2D eigenvalue weighted by Crippen LogP contribution is -2.57. The number of alkyl halides is 8. The van der Waals surface area contributed by atoms with E-state index in [9.17, 15) is 35.1 Å². The summed E-state index contributed by atoms with van der Waals surface area (Å²) in [6.45, 7) is 2.88. The molecule has 0 fully saturated rings. The van der Waals surface area contributed by atoms with E-state index in [2.05, 4.69) is 9.47 Å². The molecular formula is C11H16F8O2. The van der Waals surface area contributed by atoms with Gasteiger partial charge in [0, 0.05) is 6.92 Å². The summed E-state index contributed by atoms with van der Waals surface area (Å²) in [5.74, 6) is -10.3. The van der Waals surface area contributed by atoms with Crippen LogP contribution in [-0.2, 0) is 9.47 Å². The molecule has 0 heterocycles. The molecule has 10 heteroatoms. The van der Waals surface area contributed by atoms with Gasteiger partial charge in [-0.15, -0.1) is 0 Å². The Hall–Kier alpha value is -0.640. The molecule has 128 valence electrons. The molecule has 0 aliphatic rings. The van der Waals surface area contributed by atoms with Gasteiger partial charge in [0.2, 0.25) is 0 Å². The molecule has 21 heavy (non-hydrogen) atoms. The van der Waals surface area contributed by atoms with Crippen LogP contribution in [-0.4, -0.2) is 36.3 Å². The third kappa shape index (κ3) is 4.67. The second-order valence-corrected chi connectivity index (χ2v) is 4.64. The normalized spacial score (nSPS) is 17.7. The van der Waals surface area contributed by atoms with Crippen molar-refractivity contribution in [1.29, 1.82) is 0 Å². The quantitative estimate of drug-likeness (QED) is 0.601. The summed E-state index contributed by atoms with van der Waals surface area (Å²) in [4.78, 5) is 0. The van der Waals surface area contributed by atoms with Gasteiger partial charge in [0.25, 0.3) is 0 Å². The lowest BCUT2D eigenvalue weighted by Gasteiger charge is -2.34.